The van der Waals surface area contributed by atoms with E-state index in [1.54, 1.807) is 26.0 Å². The second-order valence-corrected chi connectivity index (χ2v) is 8.25. The second kappa shape index (κ2) is 9.63. The molecule has 1 atom stereocenters. The fourth-order valence-corrected chi connectivity index (χ4v) is 3.63. The number of hydrogen-bond donors (Lipinski definition) is 4. The number of carbonyl (C=O) groups excluding carboxylic acids is 1. The van der Waals surface area contributed by atoms with Gasteiger partial charge >= 0.3 is 6.09 Å². The lowest BCUT2D eigenvalue weighted by atomic mass is 9.94. The van der Waals surface area contributed by atoms with E-state index in [-0.39, 0.29) is 31.2 Å². The van der Waals surface area contributed by atoms with Crippen LogP contribution in [0.4, 0.5) is 4.79 Å². The summed E-state index contributed by atoms with van der Waals surface area (Å²) in [4.78, 5) is 25.7. The molecule has 0 saturated carbocycles. The van der Waals surface area contributed by atoms with Gasteiger partial charge in [0.05, 0.1) is 5.54 Å². The molecule has 0 aliphatic carbocycles. The highest BCUT2D eigenvalue weighted by atomic mass is 16.4. The van der Waals surface area contributed by atoms with E-state index in [1.165, 1.54) is 4.90 Å². The average Bonchev–Trinajstić information content (AvgIpc) is 2.64. The van der Waals surface area contributed by atoms with Crippen molar-refractivity contribution in [3.63, 3.8) is 0 Å². The van der Waals surface area contributed by atoms with Gasteiger partial charge < -0.3 is 21.3 Å². The Bertz CT molecular complexity index is 874. The minimum atomic E-state index is -1.05. The van der Waals surface area contributed by atoms with Crippen molar-refractivity contribution in [3.05, 3.63) is 64.7 Å². The first-order valence-corrected chi connectivity index (χ1v) is 9.88. The fourth-order valence-electron chi connectivity index (χ4n) is 3.63. The minimum absolute atomic E-state index is 0.0638. The Kier molecular flexibility index (Phi) is 7.45. The number of phenolic OH excluding ortho intramolecular Hbond substituents is 1. The highest BCUT2D eigenvalue weighted by Crippen LogP contribution is 2.27. The number of amides is 2. The molecule has 0 saturated heterocycles. The summed E-state index contributed by atoms with van der Waals surface area (Å²) in [6, 6.07) is 12.1. The van der Waals surface area contributed by atoms with Crippen molar-refractivity contribution in [3.8, 4) is 5.75 Å². The number of aryl methyl sites for hydroxylation is 2. The van der Waals surface area contributed by atoms with E-state index in [0.717, 1.165) is 22.3 Å². The second-order valence-electron chi connectivity index (χ2n) is 8.25. The van der Waals surface area contributed by atoms with Crippen LogP contribution in [0, 0.1) is 13.8 Å². The monoisotopic (exact) mass is 413 g/mol. The zero-order valence-electron chi connectivity index (χ0n) is 18.0. The molecule has 5 N–H and O–H groups in total. The lowest BCUT2D eigenvalue weighted by Gasteiger charge is -2.37. The summed E-state index contributed by atoms with van der Waals surface area (Å²) in [6.45, 7) is 7.63. The van der Waals surface area contributed by atoms with Crippen LogP contribution >= 0.6 is 0 Å². The van der Waals surface area contributed by atoms with Gasteiger partial charge in [-0.25, -0.2) is 4.79 Å². The standard InChI is InChI=1S/C23H31N3O4/c1-15-10-18(27)11-16(2)21(15)19(24)12-20(28)25-14-23(3,4)26(22(29)30)13-17-8-6-5-7-9-17/h5-11,19,27H,12-14,24H2,1-4H3,(H,25,28)(H,29,30). The maximum atomic E-state index is 12.5. The largest absolute Gasteiger partial charge is 0.508 e. The first-order valence-electron chi connectivity index (χ1n) is 9.88. The van der Waals surface area contributed by atoms with Gasteiger partial charge in [0.15, 0.2) is 0 Å². The number of hydrogen-bond acceptors (Lipinski definition) is 4. The molecule has 7 heteroatoms. The molecule has 0 aliphatic rings. The lowest BCUT2D eigenvalue weighted by Crippen LogP contribution is -2.53. The van der Waals surface area contributed by atoms with E-state index >= 15 is 0 Å². The van der Waals surface area contributed by atoms with Crippen molar-refractivity contribution in [2.24, 2.45) is 5.73 Å². The number of carboxylic acid groups (broad SMARTS) is 1. The number of nitrogens with zero attached hydrogens (tertiary/aromatic N) is 1. The molecule has 0 aliphatic heterocycles. The number of rotatable bonds is 8. The first kappa shape index (κ1) is 23.2. The van der Waals surface area contributed by atoms with Crippen LogP contribution in [-0.4, -0.2) is 39.2 Å². The third-order valence-electron chi connectivity index (χ3n) is 5.22. The van der Waals surface area contributed by atoms with Crippen molar-refractivity contribution < 1.29 is 19.8 Å². The zero-order valence-corrected chi connectivity index (χ0v) is 18.0. The van der Waals surface area contributed by atoms with Gasteiger partial charge in [0, 0.05) is 25.6 Å². The summed E-state index contributed by atoms with van der Waals surface area (Å²) in [7, 11) is 0. The Morgan fingerprint density at radius 3 is 2.23 bits per heavy atom. The van der Waals surface area contributed by atoms with Gasteiger partial charge in [-0.2, -0.15) is 0 Å². The van der Waals surface area contributed by atoms with Crippen molar-refractivity contribution in [2.45, 2.75) is 52.2 Å². The van der Waals surface area contributed by atoms with Gasteiger partial charge in [0.25, 0.3) is 0 Å². The van der Waals surface area contributed by atoms with E-state index in [2.05, 4.69) is 5.32 Å². The van der Waals surface area contributed by atoms with Gasteiger partial charge in [0.2, 0.25) is 5.91 Å². The smallest absolute Gasteiger partial charge is 0.408 e. The Labute approximate surface area is 177 Å². The summed E-state index contributed by atoms with van der Waals surface area (Å²) in [5.74, 6) is -0.0909. The number of benzene rings is 2. The van der Waals surface area contributed by atoms with Crippen molar-refractivity contribution in [1.29, 1.82) is 0 Å². The van der Waals surface area contributed by atoms with E-state index in [1.807, 2.05) is 44.2 Å². The number of aromatic hydroxyl groups is 1. The number of phenols is 1. The SMILES string of the molecule is Cc1cc(O)cc(C)c1C(N)CC(=O)NCC(C)(C)N(Cc1ccccc1)C(=O)O. The minimum Gasteiger partial charge on any atom is -0.508 e. The van der Waals surface area contributed by atoms with Crippen molar-refractivity contribution in [2.75, 3.05) is 6.54 Å². The number of carbonyl (C=O) groups is 2. The van der Waals surface area contributed by atoms with Crippen LogP contribution in [0.1, 0.15) is 48.6 Å². The van der Waals surface area contributed by atoms with Gasteiger partial charge in [-0.1, -0.05) is 30.3 Å². The fraction of sp³-hybridized carbons (Fsp3) is 0.391. The predicted octanol–water partition coefficient (Wildman–Crippen LogP) is 3.47. The zero-order chi connectivity index (χ0) is 22.5. The van der Waals surface area contributed by atoms with E-state index in [0.29, 0.717) is 0 Å². The summed E-state index contributed by atoms with van der Waals surface area (Å²) in [5, 5.41) is 22.2. The Morgan fingerprint density at radius 2 is 1.70 bits per heavy atom. The van der Waals surface area contributed by atoms with Crippen molar-refractivity contribution >= 4 is 12.0 Å². The summed E-state index contributed by atoms with van der Waals surface area (Å²) >= 11 is 0. The van der Waals surface area contributed by atoms with Crippen LogP contribution in [0.5, 0.6) is 5.75 Å². The maximum absolute atomic E-state index is 12.5. The molecule has 2 rings (SSSR count). The molecular weight excluding hydrogens is 382 g/mol. The first-order chi connectivity index (χ1) is 14.0. The van der Waals surface area contributed by atoms with Crippen LogP contribution in [0.3, 0.4) is 0 Å². The van der Waals surface area contributed by atoms with Crippen LogP contribution in [-0.2, 0) is 11.3 Å². The average molecular weight is 414 g/mol. The molecule has 162 valence electrons. The van der Waals surface area contributed by atoms with Crippen LogP contribution in [0.2, 0.25) is 0 Å². The van der Waals surface area contributed by atoms with E-state index < -0.39 is 17.7 Å². The summed E-state index contributed by atoms with van der Waals surface area (Å²) in [6.07, 6.45) is -0.987. The highest BCUT2D eigenvalue weighted by Gasteiger charge is 2.31. The third kappa shape index (κ3) is 5.97. The summed E-state index contributed by atoms with van der Waals surface area (Å²) in [5.41, 5.74) is 8.80. The van der Waals surface area contributed by atoms with Gasteiger partial charge in [0.1, 0.15) is 5.75 Å². The maximum Gasteiger partial charge on any atom is 0.408 e. The molecule has 1 unspecified atom stereocenters. The van der Waals surface area contributed by atoms with Crippen molar-refractivity contribution in [1.82, 2.24) is 10.2 Å². The Morgan fingerprint density at radius 1 is 1.13 bits per heavy atom. The number of nitrogens with two attached hydrogens (primary N) is 1. The quantitative estimate of drug-likeness (QED) is 0.529. The van der Waals surface area contributed by atoms with Crippen LogP contribution in [0.15, 0.2) is 42.5 Å². The molecule has 2 aromatic carbocycles. The highest BCUT2D eigenvalue weighted by molar-refractivity contribution is 5.77. The van der Waals surface area contributed by atoms with Gasteiger partial charge in [-0.05, 0) is 62.1 Å². The normalized spacial score (nSPS) is 12.3. The molecule has 0 spiro atoms. The molecule has 0 radical (unpaired) electrons. The van der Waals surface area contributed by atoms with E-state index in [9.17, 15) is 19.8 Å². The molecule has 2 aromatic rings. The Balaban J connectivity index is 2.01. The molecule has 0 bridgehead atoms. The molecule has 30 heavy (non-hydrogen) atoms. The molecular formula is C23H31N3O4. The molecule has 0 fully saturated rings. The topological polar surface area (TPSA) is 116 Å². The van der Waals surface area contributed by atoms with Crippen LogP contribution < -0.4 is 11.1 Å². The predicted molar refractivity (Wildman–Crippen MR) is 116 cm³/mol. The molecule has 0 heterocycles. The van der Waals surface area contributed by atoms with Gasteiger partial charge in [-0.15, -0.1) is 0 Å². The third-order valence-corrected chi connectivity index (χ3v) is 5.22. The molecule has 7 nitrogen and oxygen atoms in total. The lowest BCUT2D eigenvalue weighted by molar-refractivity contribution is -0.122. The number of nitrogens with one attached hydrogen (secondary N) is 1. The molecule has 0 aromatic heterocycles. The van der Waals surface area contributed by atoms with Crippen LogP contribution in [0.25, 0.3) is 0 Å². The van der Waals surface area contributed by atoms with E-state index in [4.69, 9.17) is 5.73 Å². The summed E-state index contributed by atoms with van der Waals surface area (Å²) < 4.78 is 0. The molecule has 2 amide bonds. The Hall–Kier alpha value is -3.06. The van der Waals surface area contributed by atoms with Gasteiger partial charge in [-0.3, -0.25) is 9.69 Å².